The zero-order valence-electron chi connectivity index (χ0n) is 27.1. The maximum Gasteiger partial charge on any atom is 0.270 e. The Morgan fingerprint density at radius 1 is 1.10 bits per heavy atom. The summed E-state index contributed by atoms with van der Waals surface area (Å²) in [5.74, 6) is -0.560. The van der Waals surface area contributed by atoms with E-state index in [1.807, 2.05) is 11.0 Å². The molecule has 14 heteroatoms. The van der Waals surface area contributed by atoms with E-state index in [0.717, 1.165) is 6.20 Å². The van der Waals surface area contributed by atoms with Gasteiger partial charge in [0.25, 0.3) is 5.91 Å². The van der Waals surface area contributed by atoms with Crippen LogP contribution in [0.4, 0.5) is 14.6 Å². The number of aliphatic hydroxyl groups is 1. The molecule has 1 saturated heterocycles. The summed E-state index contributed by atoms with van der Waals surface area (Å²) in [6.07, 6.45) is 10.5. The molecule has 6 rings (SSSR count). The fourth-order valence-corrected chi connectivity index (χ4v) is 6.03. The largest absolute Gasteiger partial charge is 0.493 e. The number of anilines is 1. The zero-order valence-corrected chi connectivity index (χ0v) is 27.1. The van der Waals surface area contributed by atoms with Crippen molar-refractivity contribution < 1.29 is 28.2 Å². The van der Waals surface area contributed by atoms with E-state index in [-0.39, 0.29) is 36.0 Å². The van der Waals surface area contributed by atoms with Crippen LogP contribution in [0, 0.1) is 11.6 Å². The topological polar surface area (TPSA) is 133 Å². The van der Waals surface area contributed by atoms with Gasteiger partial charge in [-0.05, 0) is 43.5 Å². The summed E-state index contributed by atoms with van der Waals surface area (Å²) in [6.45, 7) is 6.05. The average Bonchev–Trinajstić information content (AvgIpc) is 3.78. The average molecular weight is 661 g/mol. The summed E-state index contributed by atoms with van der Waals surface area (Å²) >= 11 is 0. The van der Waals surface area contributed by atoms with Gasteiger partial charge in [-0.2, -0.15) is 0 Å². The molecule has 4 aromatic rings. The zero-order chi connectivity index (χ0) is 34.0. The molecule has 1 fully saturated rings. The van der Waals surface area contributed by atoms with E-state index < -0.39 is 17.2 Å². The van der Waals surface area contributed by atoms with Crippen LogP contribution in [0.25, 0.3) is 22.6 Å². The second kappa shape index (κ2) is 13.6. The van der Waals surface area contributed by atoms with Gasteiger partial charge in [0.2, 0.25) is 5.91 Å². The molecule has 0 unspecified atom stereocenters. The van der Waals surface area contributed by atoms with Gasteiger partial charge in [0, 0.05) is 68.9 Å². The van der Waals surface area contributed by atoms with Crippen molar-refractivity contribution in [1.29, 1.82) is 0 Å². The lowest BCUT2D eigenvalue weighted by Crippen LogP contribution is -2.49. The van der Waals surface area contributed by atoms with Crippen molar-refractivity contribution in [1.82, 2.24) is 34.8 Å². The second-order valence-electron chi connectivity index (χ2n) is 12.5. The quantitative estimate of drug-likeness (QED) is 0.277. The molecule has 3 aromatic heterocycles. The number of pyridine rings is 1. The van der Waals surface area contributed by atoms with Crippen LogP contribution >= 0.6 is 0 Å². The van der Waals surface area contributed by atoms with E-state index in [0.29, 0.717) is 79.3 Å². The highest BCUT2D eigenvalue weighted by atomic mass is 19.1. The van der Waals surface area contributed by atoms with Crippen molar-refractivity contribution in [2.75, 3.05) is 51.3 Å². The summed E-state index contributed by atoms with van der Waals surface area (Å²) in [7, 11) is 1.45. The molecule has 2 aliphatic rings. The SMILES string of the molecule is COc1cc(F)cnc1N1CCN(C(=O)c2cc3c(/C=C/C(C)(C)O)cc(C4=CCCN(C(=O)CCn5ccnn5)C4)c(F)c3[nH]2)CC1. The van der Waals surface area contributed by atoms with Crippen LogP contribution in [0.3, 0.4) is 0 Å². The number of aromatic nitrogens is 5. The number of hydrogen-bond donors (Lipinski definition) is 2. The third-order valence-electron chi connectivity index (χ3n) is 8.55. The van der Waals surface area contributed by atoms with Crippen LogP contribution in [0.2, 0.25) is 0 Å². The Balaban J connectivity index is 1.25. The standard InChI is InChI=1S/C34H38F2N8O4/c1-34(2,47)8-6-22-17-25(23-5-4-10-43(21-23)29(45)7-11-44-12-9-38-40-44)30(36)31-26(22)19-27(39-31)33(46)42-15-13-41(14-16-42)32-28(48-3)18-24(35)20-37-32/h5-6,8-9,12,17-20,39,47H,4,7,10-11,13-16,21H2,1-3H3/b8-6+. The van der Waals surface area contributed by atoms with Crippen LogP contribution in [0.5, 0.6) is 5.75 Å². The predicted molar refractivity (Wildman–Crippen MR) is 176 cm³/mol. The van der Waals surface area contributed by atoms with Gasteiger partial charge in [-0.3, -0.25) is 14.3 Å². The number of ether oxygens (including phenoxy) is 1. The van der Waals surface area contributed by atoms with E-state index in [9.17, 15) is 19.1 Å². The van der Waals surface area contributed by atoms with Gasteiger partial charge >= 0.3 is 0 Å². The highest BCUT2D eigenvalue weighted by molar-refractivity contribution is 6.02. The van der Waals surface area contributed by atoms with E-state index in [4.69, 9.17) is 4.74 Å². The number of halogens is 2. The first kappa shape index (κ1) is 32.8. The Kier molecular flexibility index (Phi) is 9.27. The number of carbonyl (C=O) groups excluding carboxylic acids is 2. The van der Waals surface area contributed by atoms with Crippen LogP contribution in [0.15, 0.2) is 48.9 Å². The van der Waals surface area contributed by atoms with Crippen molar-refractivity contribution in [2.24, 2.45) is 0 Å². The Hall–Kier alpha value is -5.11. The molecule has 0 spiro atoms. The molecule has 2 amide bonds. The minimum absolute atomic E-state index is 0.0683. The maximum absolute atomic E-state index is 16.4. The van der Waals surface area contributed by atoms with Crippen LogP contribution in [-0.2, 0) is 11.3 Å². The van der Waals surface area contributed by atoms with Gasteiger partial charge in [-0.1, -0.05) is 23.4 Å². The molecule has 5 heterocycles. The molecule has 48 heavy (non-hydrogen) atoms. The maximum atomic E-state index is 16.4. The fourth-order valence-electron chi connectivity index (χ4n) is 6.03. The number of aryl methyl sites for hydroxylation is 1. The molecular weight excluding hydrogens is 622 g/mol. The number of rotatable bonds is 9. The van der Waals surface area contributed by atoms with Crippen molar-refractivity contribution in [3.63, 3.8) is 0 Å². The number of fused-ring (bicyclic) bond motifs is 1. The number of aromatic amines is 1. The molecule has 0 aliphatic carbocycles. The van der Waals surface area contributed by atoms with Gasteiger partial charge in [-0.25, -0.2) is 13.8 Å². The lowest BCUT2D eigenvalue weighted by Gasteiger charge is -2.35. The number of methoxy groups -OCH3 is 1. The number of nitrogens with one attached hydrogen (secondary N) is 1. The van der Waals surface area contributed by atoms with E-state index in [1.54, 1.807) is 65.0 Å². The number of nitrogens with zero attached hydrogens (tertiary/aromatic N) is 7. The first-order chi connectivity index (χ1) is 23.0. The van der Waals surface area contributed by atoms with Crippen molar-refractivity contribution in [2.45, 2.75) is 38.8 Å². The fraction of sp³-hybridized carbons (Fsp3) is 0.382. The summed E-state index contributed by atoms with van der Waals surface area (Å²) in [5.41, 5.74) is 0.870. The molecule has 12 nitrogen and oxygen atoms in total. The smallest absolute Gasteiger partial charge is 0.270 e. The molecule has 0 saturated carbocycles. The molecular formula is C34H38F2N8O4. The number of hydrogen-bond acceptors (Lipinski definition) is 8. The molecule has 0 radical (unpaired) electrons. The highest BCUT2D eigenvalue weighted by Gasteiger charge is 2.28. The Morgan fingerprint density at radius 2 is 1.90 bits per heavy atom. The summed E-state index contributed by atoms with van der Waals surface area (Å²) in [6, 6.07) is 4.62. The van der Waals surface area contributed by atoms with E-state index in [1.165, 1.54) is 13.2 Å². The lowest BCUT2D eigenvalue weighted by atomic mass is 9.95. The van der Waals surface area contributed by atoms with Gasteiger partial charge in [0.05, 0.1) is 37.2 Å². The van der Waals surface area contributed by atoms with Gasteiger partial charge in [-0.15, -0.1) is 5.10 Å². The lowest BCUT2D eigenvalue weighted by molar-refractivity contribution is -0.131. The van der Waals surface area contributed by atoms with E-state index in [2.05, 4.69) is 20.3 Å². The molecule has 252 valence electrons. The number of carbonyl (C=O) groups is 2. The molecule has 2 N–H and O–H groups in total. The number of piperazine rings is 1. The minimum atomic E-state index is -1.13. The minimum Gasteiger partial charge on any atom is -0.493 e. The van der Waals surface area contributed by atoms with Crippen molar-refractivity contribution >= 4 is 40.2 Å². The number of benzene rings is 1. The monoisotopic (exact) mass is 660 g/mol. The molecule has 2 aliphatic heterocycles. The third kappa shape index (κ3) is 7.08. The molecule has 0 atom stereocenters. The first-order valence-corrected chi connectivity index (χ1v) is 15.8. The number of amides is 2. The number of H-pyrrole nitrogens is 1. The van der Waals surface area contributed by atoms with Crippen molar-refractivity contribution in [3.8, 4) is 5.75 Å². The van der Waals surface area contributed by atoms with Gasteiger partial charge in [0.15, 0.2) is 17.4 Å². The van der Waals surface area contributed by atoms with E-state index >= 15 is 4.39 Å². The van der Waals surface area contributed by atoms with Gasteiger partial charge in [0.1, 0.15) is 11.5 Å². The highest BCUT2D eigenvalue weighted by Crippen LogP contribution is 2.34. The van der Waals surface area contributed by atoms with Crippen molar-refractivity contribution in [3.05, 3.63) is 77.4 Å². The normalized spacial score (nSPS) is 15.8. The Bertz CT molecular complexity index is 1870. The van der Waals surface area contributed by atoms with Crippen LogP contribution < -0.4 is 9.64 Å². The van der Waals surface area contributed by atoms with Gasteiger partial charge < -0.3 is 29.5 Å². The molecule has 0 bridgehead atoms. The van der Waals surface area contributed by atoms with Crippen LogP contribution in [0.1, 0.15) is 48.3 Å². The first-order valence-electron chi connectivity index (χ1n) is 15.8. The summed E-state index contributed by atoms with van der Waals surface area (Å²) < 4.78 is 37.0. The third-order valence-corrected chi connectivity index (χ3v) is 8.55. The summed E-state index contributed by atoms with van der Waals surface area (Å²) in [4.78, 5) is 39.3. The predicted octanol–water partition coefficient (Wildman–Crippen LogP) is 3.89. The molecule has 1 aromatic carbocycles. The van der Waals surface area contributed by atoms with Crippen LogP contribution in [-0.4, -0.2) is 104 Å². The Labute approximate surface area is 276 Å². The summed E-state index contributed by atoms with van der Waals surface area (Å²) in [5, 5.41) is 18.6. The Morgan fingerprint density at radius 3 is 2.60 bits per heavy atom. The second-order valence-corrected chi connectivity index (χ2v) is 12.5.